The third-order valence-corrected chi connectivity index (χ3v) is 2.45. The number of aliphatic carboxylic acids is 1. The Bertz CT molecular complexity index is 537. The highest BCUT2D eigenvalue weighted by molar-refractivity contribution is 6.39. The van der Waals surface area contributed by atoms with Crippen LogP contribution < -0.4 is 10.6 Å². The minimum atomic E-state index is -1.30. The smallest absolute Gasteiger partial charge is 0.328 e. The fourth-order valence-corrected chi connectivity index (χ4v) is 1.55. The molecule has 1 rings (SSSR count). The van der Waals surface area contributed by atoms with Crippen molar-refractivity contribution in [3.8, 4) is 0 Å². The topological polar surface area (TPSA) is 95.5 Å². The lowest BCUT2D eigenvalue weighted by atomic mass is 10.3. The van der Waals surface area contributed by atoms with Crippen molar-refractivity contribution in [2.75, 3.05) is 5.32 Å². The molecule has 0 spiro atoms. The summed E-state index contributed by atoms with van der Waals surface area (Å²) in [4.78, 5) is 32.7. The first kappa shape index (κ1) is 15.0. The van der Waals surface area contributed by atoms with E-state index in [0.29, 0.717) is 12.2 Å². The molecule has 0 aliphatic heterocycles. The summed E-state index contributed by atoms with van der Waals surface area (Å²) in [5.41, 5.74) is 0.151. The number of carbonyl (C=O) groups excluding carboxylic acids is 2. The number of para-hydroxylation sites is 1. The maximum atomic E-state index is 11.4. The van der Waals surface area contributed by atoms with Crippen LogP contribution in [0.25, 0.3) is 0 Å². The fourth-order valence-electron chi connectivity index (χ4n) is 1.06. The number of imide groups is 1. The highest BCUT2D eigenvalue weighted by Crippen LogP contribution is 2.29. The molecule has 0 aliphatic carbocycles. The van der Waals surface area contributed by atoms with Gasteiger partial charge in [0, 0.05) is 12.2 Å². The van der Waals surface area contributed by atoms with Gasteiger partial charge in [-0.05, 0) is 12.1 Å². The summed E-state index contributed by atoms with van der Waals surface area (Å²) in [5.74, 6) is -2.19. The van der Waals surface area contributed by atoms with Crippen molar-refractivity contribution in [2.45, 2.75) is 0 Å². The van der Waals surface area contributed by atoms with E-state index in [0.717, 1.165) is 0 Å². The summed E-state index contributed by atoms with van der Waals surface area (Å²) in [6, 6.07) is 3.73. The van der Waals surface area contributed by atoms with Gasteiger partial charge in [0.2, 0.25) is 0 Å². The number of rotatable bonds is 3. The Balaban J connectivity index is 2.66. The summed E-state index contributed by atoms with van der Waals surface area (Å²) in [6.07, 6.45) is 1.31. The molecule has 3 N–H and O–H groups in total. The third-order valence-electron chi connectivity index (χ3n) is 1.82. The number of carboxylic acid groups (broad SMARTS) is 1. The van der Waals surface area contributed by atoms with Crippen molar-refractivity contribution in [3.63, 3.8) is 0 Å². The van der Waals surface area contributed by atoms with Crippen LogP contribution in [0.1, 0.15) is 0 Å². The zero-order valence-electron chi connectivity index (χ0n) is 9.31. The number of carbonyl (C=O) groups is 3. The highest BCUT2D eigenvalue weighted by Gasteiger charge is 2.10. The van der Waals surface area contributed by atoms with Gasteiger partial charge >= 0.3 is 12.0 Å². The van der Waals surface area contributed by atoms with Gasteiger partial charge in [0.15, 0.2) is 0 Å². The monoisotopic (exact) mass is 302 g/mol. The predicted molar refractivity (Wildman–Crippen MR) is 70.4 cm³/mol. The van der Waals surface area contributed by atoms with Gasteiger partial charge in [-0.15, -0.1) is 0 Å². The molecule has 0 unspecified atom stereocenters. The number of halogens is 2. The first-order valence-electron chi connectivity index (χ1n) is 4.87. The molecule has 0 radical (unpaired) electrons. The van der Waals surface area contributed by atoms with Crippen molar-refractivity contribution in [1.82, 2.24) is 5.32 Å². The maximum absolute atomic E-state index is 11.4. The van der Waals surface area contributed by atoms with Crippen LogP contribution in [-0.4, -0.2) is 23.0 Å². The predicted octanol–water partition coefficient (Wildman–Crippen LogP) is 2.28. The van der Waals surface area contributed by atoms with Gasteiger partial charge in [-0.2, -0.15) is 0 Å². The van der Waals surface area contributed by atoms with Crippen LogP contribution in [0.15, 0.2) is 30.4 Å². The van der Waals surface area contributed by atoms with Crippen LogP contribution in [0, 0.1) is 0 Å². The van der Waals surface area contributed by atoms with E-state index in [1.807, 2.05) is 5.32 Å². The molecule has 1 aromatic rings. The number of anilines is 1. The molecule has 0 aromatic heterocycles. The van der Waals surface area contributed by atoms with Crippen LogP contribution in [-0.2, 0) is 9.59 Å². The molecule has 100 valence electrons. The molecule has 0 fully saturated rings. The molecular formula is C11H8Cl2N2O4. The summed E-state index contributed by atoms with van der Waals surface area (Å²) in [6.45, 7) is 0. The van der Waals surface area contributed by atoms with Crippen molar-refractivity contribution >= 4 is 46.8 Å². The third kappa shape index (κ3) is 4.99. The van der Waals surface area contributed by atoms with Gasteiger partial charge in [0.1, 0.15) is 0 Å². The number of hydrogen-bond acceptors (Lipinski definition) is 3. The van der Waals surface area contributed by atoms with Crippen LogP contribution in [0.3, 0.4) is 0 Å². The van der Waals surface area contributed by atoms with E-state index in [4.69, 9.17) is 28.3 Å². The summed E-state index contributed by atoms with van der Waals surface area (Å²) in [5, 5.41) is 12.9. The molecule has 3 amide bonds. The Hall–Kier alpha value is -2.05. The van der Waals surface area contributed by atoms with E-state index < -0.39 is 17.9 Å². The van der Waals surface area contributed by atoms with Crippen molar-refractivity contribution < 1.29 is 19.5 Å². The number of urea groups is 1. The molecule has 19 heavy (non-hydrogen) atoms. The van der Waals surface area contributed by atoms with Gasteiger partial charge in [0.25, 0.3) is 5.91 Å². The van der Waals surface area contributed by atoms with E-state index in [-0.39, 0.29) is 15.7 Å². The Morgan fingerprint density at radius 2 is 1.68 bits per heavy atom. The van der Waals surface area contributed by atoms with E-state index in [9.17, 15) is 14.4 Å². The van der Waals surface area contributed by atoms with E-state index in [1.54, 1.807) is 6.07 Å². The van der Waals surface area contributed by atoms with Gasteiger partial charge in [0.05, 0.1) is 15.7 Å². The minimum Gasteiger partial charge on any atom is -0.478 e. The normalized spacial score (nSPS) is 10.2. The molecular weight excluding hydrogens is 295 g/mol. The molecule has 0 saturated carbocycles. The van der Waals surface area contributed by atoms with Crippen molar-refractivity contribution in [3.05, 3.63) is 40.4 Å². The van der Waals surface area contributed by atoms with E-state index in [2.05, 4.69) is 5.32 Å². The molecule has 8 heteroatoms. The summed E-state index contributed by atoms with van der Waals surface area (Å²) >= 11 is 11.6. The number of nitrogens with one attached hydrogen (secondary N) is 2. The second kappa shape index (κ2) is 6.77. The zero-order chi connectivity index (χ0) is 14.4. The van der Waals surface area contributed by atoms with Crippen LogP contribution in [0.5, 0.6) is 0 Å². The Kier molecular flexibility index (Phi) is 5.35. The first-order chi connectivity index (χ1) is 8.90. The lowest BCUT2D eigenvalue weighted by Gasteiger charge is -2.08. The van der Waals surface area contributed by atoms with Crippen LogP contribution in [0.4, 0.5) is 10.5 Å². The number of hydrogen-bond donors (Lipinski definition) is 3. The average Bonchev–Trinajstić information content (AvgIpc) is 2.31. The lowest BCUT2D eigenvalue weighted by molar-refractivity contribution is -0.131. The van der Waals surface area contributed by atoms with Gasteiger partial charge in [-0.25, -0.2) is 9.59 Å². The standard InChI is InChI=1S/C11H8Cl2N2O4/c12-6-2-1-3-7(13)10(6)15-11(19)14-8(16)4-5-9(17)18/h1-5H,(H,17,18)(H2,14,15,16,19). The second-order valence-corrected chi connectivity index (χ2v) is 4.03. The lowest BCUT2D eigenvalue weighted by Crippen LogP contribution is -2.33. The molecule has 6 nitrogen and oxygen atoms in total. The SMILES string of the molecule is O=C(O)C=CC(=O)NC(=O)Nc1c(Cl)cccc1Cl. The minimum absolute atomic E-state index is 0.151. The molecule has 1 aromatic carbocycles. The van der Waals surface area contributed by atoms with Gasteiger partial charge < -0.3 is 10.4 Å². The van der Waals surface area contributed by atoms with E-state index >= 15 is 0 Å². The Morgan fingerprint density at radius 1 is 1.11 bits per heavy atom. The molecule has 0 aliphatic rings. The van der Waals surface area contributed by atoms with Gasteiger partial charge in [-0.1, -0.05) is 29.3 Å². The quantitative estimate of drug-likeness (QED) is 0.746. The highest BCUT2D eigenvalue weighted by atomic mass is 35.5. The molecule has 0 saturated heterocycles. The molecule has 0 heterocycles. The van der Waals surface area contributed by atoms with Crippen LogP contribution in [0.2, 0.25) is 10.0 Å². The number of benzene rings is 1. The van der Waals surface area contributed by atoms with Crippen molar-refractivity contribution in [1.29, 1.82) is 0 Å². The van der Waals surface area contributed by atoms with Crippen molar-refractivity contribution in [2.24, 2.45) is 0 Å². The zero-order valence-corrected chi connectivity index (χ0v) is 10.8. The largest absolute Gasteiger partial charge is 0.478 e. The second-order valence-electron chi connectivity index (χ2n) is 3.21. The molecule has 0 bridgehead atoms. The maximum Gasteiger partial charge on any atom is 0.328 e. The van der Waals surface area contributed by atoms with E-state index in [1.165, 1.54) is 12.1 Å². The fraction of sp³-hybridized carbons (Fsp3) is 0. The molecule has 0 atom stereocenters. The number of amides is 3. The average molecular weight is 303 g/mol. The summed E-state index contributed by atoms with van der Waals surface area (Å²) in [7, 11) is 0. The first-order valence-corrected chi connectivity index (χ1v) is 5.62. The summed E-state index contributed by atoms with van der Waals surface area (Å²) < 4.78 is 0. The van der Waals surface area contributed by atoms with Gasteiger partial charge in [-0.3, -0.25) is 10.1 Å². The Morgan fingerprint density at radius 3 is 2.21 bits per heavy atom. The van der Waals surface area contributed by atoms with Crippen LogP contribution >= 0.6 is 23.2 Å². The Labute approximate surface area is 118 Å². The number of carboxylic acids is 1.